The molecule has 1 saturated carbocycles. The van der Waals surface area contributed by atoms with Gasteiger partial charge in [-0.1, -0.05) is 39.0 Å². The summed E-state index contributed by atoms with van der Waals surface area (Å²) in [4.78, 5) is 5.01. The highest BCUT2D eigenvalue weighted by Crippen LogP contribution is 2.39. The van der Waals surface area contributed by atoms with Gasteiger partial charge in [-0.05, 0) is 42.7 Å². The molecule has 3 nitrogen and oxygen atoms in total. The molecule has 3 rings (SSSR count). The van der Waals surface area contributed by atoms with Crippen molar-refractivity contribution in [1.82, 2.24) is 4.90 Å². The molecule has 146 valence electrons. The summed E-state index contributed by atoms with van der Waals surface area (Å²) in [5.74, 6) is 0.771. The number of thiol groups is 1. The quantitative estimate of drug-likeness (QED) is 0.744. The zero-order valence-corrected chi connectivity index (χ0v) is 17.6. The number of benzene rings is 1. The number of anilines is 1. The minimum absolute atomic E-state index is 0.304. The van der Waals surface area contributed by atoms with Crippen molar-refractivity contribution in [2.24, 2.45) is 11.3 Å². The highest BCUT2D eigenvalue weighted by Gasteiger charge is 2.32. The fourth-order valence-corrected chi connectivity index (χ4v) is 5.13. The number of hydrogen-bond donors (Lipinski definition) is 1. The fourth-order valence-electron chi connectivity index (χ4n) is 4.81. The number of nitrogens with zero attached hydrogens (tertiary/aromatic N) is 2. The van der Waals surface area contributed by atoms with Crippen LogP contribution in [-0.4, -0.2) is 55.6 Å². The van der Waals surface area contributed by atoms with Gasteiger partial charge in [0.2, 0.25) is 0 Å². The van der Waals surface area contributed by atoms with E-state index in [4.69, 9.17) is 17.4 Å². The Morgan fingerprint density at radius 2 is 1.81 bits per heavy atom. The minimum atomic E-state index is 0.304. The van der Waals surface area contributed by atoms with Crippen LogP contribution in [-0.2, 0) is 4.74 Å². The molecule has 1 aliphatic heterocycles. The van der Waals surface area contributed by atoms with Crippen LogP contribution in [0.4, 0.5) is 5.69 Å². The van der Waals surface area contributed by atoms with Crippen molar-refractivity contribution in [2.75, 3.05) is 44.2 Å². The molecule has 3 atom stereocenters. The molecule has 1 aromatic rings. The van der Waals surface area contributed by atoms with Crippen molar-refractivity contribution in [1.29, 1.82) is 0 Å². The Balaban J connectivity index is 1.37. The van der Waals surface area contributed by atoms with Gasteiger partial charge in [-0.15, -0.1) is 0 Å². The number of piperazine rings is 1. The van der Waals surface area contributed by atoms with Gasteiger partial charge in [0.05, 0.1) is 12.7 Å². The normalized spacial score (nSPS) is 28.1. The molecule has 0 N–H and O–H groups in total. The van der Waals surface area contributed by atoms with Crippen LogP contribution < -0.4 is 4.90 Å². The molecule has 0 unspecified atom stereocenters. The first-order chi connectivity index (χ1) is 12.4. The maximum atomic E-state index is 6.27. The van der Waals surface area contributed by atoms with Gasteiger partial charge in [0, 0.05) is 43.7 Å². The SMILES string of the molecule is C[C@H]1C[C@H](OC[C@H](S)CN2CCN(c3ccccc3)CC2)CC(C)(C)C1. The van der Waals surface area contributed by atoms with Crippen LogP contribution in [0.25, 0.3) is 0 Å². The van der Waals surface area contributed by atoms with E-state index in [0.717, 1.165) is 45.2 Å². The lowest BCUT2D eigenvalue weighted by Crippen LogP contribution is -2.48. The fraction of sp³-hybridized carbons (Fsp3) is 0.727. The molecule has 1 saturated heterocycles. The number of hydrogen-bond acceptors (Lipinski definition) is 4. The third-order valence-corrected chi connectivity index (χ3v) is 6.15. The third kappa shape index (κ3) is 5.90. The van der Waals surface area contributed by atoms with E-state index in [9.17, 15) is 0 Å². The smallest absolute Gasteiger partial charge is 0.0598 e. The molecule has 0 aromatic heterocycles. The van der Waals surface area contributed by atoms with Crippen LogP contribution in [0, 0.1) is 11.3 Å². The second-order valence-electron chi connectivity index (χ2n) is 9.15. The average Bonchev–Trinajstić information content (AvgIpc) is 2.60. The van der Waals surface area contributed by atoms with Crippen LogP contribution in [0.2, 0.25) is 0 Å². The first-order valence-corrected chi connectivity index (χ1v) is 10.7. The van der Waals surface area contributed by atoms with Crippen LogP contribution in [0.15, 0.2) is 30.3 Å². The number of rotatable bonds is 6. The maximum absolute atomic E-state index is 6.27. The highest BCUT2D eigenvalue weighted by molar-refractivity contribution is 7.81. The van der Waals surface area contributed by atoms with Crippen molar-refractivity contribution in [3.63, 3.8) is 0 Å². The lowest BCUT2D eigenvalue weighted by molar-refractivity contribution is -0.0237. The van der Waals surface area contributed by atoms with E-state index < -0.39 is 0 Å². The minimum Gasteiger partial charge on any atom is -0.377 e. The van der Waals surface area contributed by atoms with Crippen molar-refractivity contribution in [2.45, 2.75) is 51.4 Å². The first-order valence-electron chi connectivity index (χ1n) is 10.2. The summed E-state index contributed by atoms with van der Waals surface area (Å²) in [5.41, 5.74) is 1.76. The van der Waals surface area contributed by atoms with Crippen LogP contribution in [0.1, 0.15) is 40.0 Å². The van der Waals surface area contributed by atoms with Gasteiger partial charge in [-0.3, -0.25) is 4.90 Å². The molecule has 1 heterocycles. The van der Waals surface area contributed by atoms with Crippen molar-refractivity contribution >= 4 is 18.3 Å². The Morgan fingerprint density at radius 1 is 1.12 bits per heavy atom. The predicted molar refractivity (Wildman–Crippen MR) is 114 cm³/mol. The lowest BCUT2D eigenvalue weighted by Gasteiger charge is -2.39. The van der Waals surface area contributed by atoms with E-state index >= 15 is 0 Å². The van der Waals surface area contributed by atoms with E-state index in [0.29, 0.717) is 16.8 Å². The van der Waals surface area contributed by atoms with Crippen molar-refractivity contribution < 1.29 is 4.74 Å². The van der Waals surface area contributed by atoms with E-state index in [-0.39, 0.29) is 0 Å². The van der Waals surface area contributed by atoms with E-state index in [1.165, 1.54) is 24.9 Å². The second kappa shape index (κ2) is 8.99. The number of para-hydroxylation sites is 1. The molecule has 0 radical (unpaired) electrons. The molecular weight excluding hydrogens is 340 g/mol. The Labute approximate surface area is 165 Å². The average molecular weight is 377 g/mol. The van der Waals surface area contributed by atoms with Crippen molar-refractivity contribution in [3.8, 4) is 0 Å². The van der Waals surface area contributed by atoms with Gasteiger partial charge >= 0.3 is 0 Å². The highest BCUT2D eigenvalue weighted by atomic mass is 32.1. The Morgan fingerprint density at radius 3 is 2.46 bits per heavy atom. The van der Waals surface area contributed by atoms with Gasteiger partial charge in [-0.25, -0.2) is 0 Å². The summed E-state index contributed by atoms with van der Waals surface area (Å²) in [6, 6.07) is 10.7. The van der Waals surface area contributed by atoms with Crippen molar-refractivity contribution in [3.05, 3.63) is 30.3 Å². The summed E-state index contributed by atoms with van der Waals surface area (Å²) in [5, 5.41) is 0.304. The Kier molecular flexibility index (Phi) is 6.92. The largest absolute Gasteiger partial charge is 0.377 e. The van der Waals surface area contributed by atoms with Crippen LogP contribution in [0.3, 0.4) is 0 Å². The van der Waals surface area contributed by atoms with Crippen LogP contribution >= 0.6 is 12.6 Å². The van der Waals surface area contributed by atoms with Gasteiger partial charge in [0.1, 0.15) is 0 Å². The molecule has 2 fully saturated rings. The molecular formula is C22H36N2OS. The summed E-state index contributed by atoms with van der Waals surface area (Å²) in [7, 11) is 0. The Bertz CT molecular complexity index is 542. The zero-order valence-electron chi connectivity index (χ0n) is 16.7. The standard InChI is InChI=1S/C22H36N2OS/c1-18-13-20(15-22(2,3)14-18)25-17-21(26)16-23-9-11-24(12-10-23)19-7-5-4-6-8-19/h4-8,18,20-21,26H,9-17H2,1-3H3/t18-,20-,21+/m0/s1. The molecule has 4 heteroatoms. The maximum Gasteiger partial charge on any atom is 0.0598 e. The van der Waals surface area contributed by atoms with Gasteiger partial charge in [0.25, 0.3) is 0 Å². The topological polar surface area (TPSA) is 15.7 Å². The predicted octanol–water partition coefficient (Wildman–Crippen LogP) is 4.34. The summed E-state index contributed by atoms with van der Waals surface area (Å²) in [6.07, 6.45) is 4.13. The lowest BCUT2D eigenvalue weighted by atomic mass is 9.71. The van der Waals surface area contributed by atoms with Crippen LogP contribution in [0.5, 0.6) is 0 Å². The third-order valence-electron chi connectivity index (χ3n) is 5.83. The molecule has 1 aromatic carbocycles. The summed E-state index contributed by atoms with van der Waals surface area (Å²) >= 11 is 4.82. The second-order valence-corrected chi connectivity index (χ2v) is 9.88. The number of ether oxygens (including phenoxy) is 1. The molecule has 0 amide bonds. The van der Waals surface area contributed by atoms with E-state index in [1.807, 2.05) is 0 Å². The van der Waals surface area contributed by atoms with Gasteiger partial charge < -0.3 is 9.64 Å². The summed E-state index contributed by atoms with van der Waals surface area (Å²) in [6.45, 7) is 13.3. The molecule has 0 spiro atoms. The Hall–Kier alpha value is -0.710. The first kappa shape index (κ1) is 20.0. The molecule has 26 heavy (non-hydrogen) atoms. The monoisotopic (exact) mass is 376 g/mol. The van der Waals surface area contributed by atoms with Gasteiger partial charge in [-0.2, -0.15) is 12.6 Å². The molecule has 2 aliphatic rings. The van der Waals surface area contributed by atoms with E-state index in [1.54, 1.807) is 0 Å². The summed E-state index contributed by atoms with van der Waals surface area (Å²) < 4.78 is 6.27. The van der Waals surface area contributed by atoms with E-state index in [2.05, 4.69) is 60.9 Å². The molecule has 1 aliphatic carbocycles. The zero-order chi connectivity index (χ0) is 18.6. The van der Waals surface area contributed by atoms with Gasteiger partial charge in [0.15, 0.2) is 0 Å². The molecule has 0 bridgehead atoms.